The molecule has 0 aromatic rings. The van der Waals surface area contributed by atoms with Crippen LogP contribution in [0.25, 0.3) is 0 Å². The van der Waals surface area contributed by atoms with Crippen molar-refractivity contribution in [1.82, 2.24) is 4.90 Å². The molecule has 2 fully saturated rings. The van der Waals surface area contributed by atoms with Crippen LogP contribution in [0.2, 0.25) is 0 Å². The van der Waals surface area contributed by atoms with E-state index in [0.717, 1.165) is 6.42 Å². The summed E-state index contributed by atoms with van der Waals surface area (Å²) < 4.78 is 0. The molecule has 2 rings (SSSR count). The normalized spacial score (nSPS) is 35.1. The van der Waals surface area contributed by atoms with Crippen LogP contribution in [0.5, 0.6) is 0 Å². The molecule has 2 atom stereocenters. The van der Waals surface area contributed by atoms with Crippen LogP contribution in [0.1, 0.15) is 44.9 Å². The van der Waals surface area contributed by atoms with Crippen molar-refractivity contribution in [2.75, 3.05) is 13.1 Å². The van der Waals surface area contributed by atoms with Crippen molar-refractivity contribution < 1.29 is 0 Å². The van der Waals surface area contributed by atoms with Gasteiger partial charge in [0.05, 0.1) is 12.0 Å². The van der Waals surface area contributed by atoms with Gasteiger partial charge in [-0.2, -0.15) is 5.26 Å². The SMILES string of the molecule is N#CC1CCCCC1N1CCCCC1. The Bertz CT molecular complexity index is 213. The fourth-order valence-corrected chi connectivity index (χ4v) is 2.95. The highest BCUT2D eigenvalue weighted by Gasteiger charge is 2.30. The molecule has 0 aromatic carbocycles. The zero-order valence-electron chi connectivity index (χ0n) is 8.91. The van der Waals surface area contributed by atoms with Crippen LogP contribution in [0.3, 0.4) is 0 Å². The molecule has 2 nitrogen and oxygen atoms in total. The summed E-state index contributed by atoms with van der Waals surface area (Å²) in [5.74, 6) is 0.321. The van der Waals surface area contributed by atoms with E-state index in [4.69, 9.17) is 5.26 Å². The summed E-state index contributed by atoms with van der Waals surface area (Å²) in [4.78, 5) is 2.58. The van der Waals surface area contributed by atoms with Crippen LogP contribution >= 0.6 is 0 Å². The van der Waals surface area contributed by atoms with Crippen molar-refractivity contribution in [2.45, 2.75) is 51.0 Å². The van der Waals surface area contributed by atoms with E-state index in [1.807, 2.05) is 0 Å². The van der Waals surface area contributed by atoms with Crippen molar-refractivity contribution in [3.8, 4) is 6.07 Å². The molecule has 14 heavy (non-hydrogen) atoms. The molecule has 0 bridgehead atoms. The first-order valence-corrected chi connectivity index (χ1v) is 6.05. The first-order chi connectivity index (χ1) is 6.92. The zero-order valence-corrected chi connectivity index (χ0v) is 8.91. The summed E-state index contributed by atoms with van der Waals surface area (Å²) in [5.41, 5.74) is 0. The van der Waals surface area contributed by atoms with E-state index in [-0.39, 0.29) is 0 Å². The summed E-state index contributed by atoms with van der Waals surface area (Å²) in [6, 6.07) is 3.10. The van der Waals surface area contributed by atoms with E-state index in [1.165, 1.54) is 51.6 Å². The molecule has 78 valence electrons. The highest BCUT2D eigenvalue weighted by atomic mass is 15.2. The Balaban J connectivity index is 1.95. The number of rotatable bonds is 1. The first-order valence-electron chi connectivity index (χ1n) is 6.05. The van der Waals surface area contributed by atoms with Crippen LogP contribution in [-0.4, -0.2) is 24.0 Å². The molecule has 2 heteroatoms. The van der Waals surface area contributed by atoms with E-state index in [1.54, 1.807) is 0 Å². The predicted molar refractivity (Wildman–Crippen MR) is 56.8 cm³/mol. The molecular formula is C12H20N2. The van der Waals surface area contributed by atoms with Crippen LogP contribution in [0, 0.1) is 17.2 Å². The molecule has 0 N–H and O–H groups in total. The van der Waals surface area contributed by atoms with E-state index in [0.29, 0.717) is 12.0 Å². The van der Waals surface area contributed by atoms with Gasteiger partial charge in [-0.05, 0) is 38.8 Å². The maximum atomic E-state index is 9.12. The Labute approximate surface area is 86.9 Å². The van der Waals surface area contributed by atoms with Gasteiger partial charge in [-0.15, -0.1) is 0 Å². The van der Waals surface area contributed by atoms with Gasteiger partial charge in [-0.25, -0.2) is 0 Å². The molecule has 0 amide bonds. The lowest BCUT2D eigenvalue weighted by Gasteiger charge is -2.39. The molecule has 1 saturated heterocycles. The molecule has 1 heterocycles. The second-order valence-corrected chi connectivity index (χ2v) is 4.68. The Morgan fingerprint density at radius 3 is 2.36 bits per heavy atom. The van der Waals surface area contributed by atoms with Crippen molar-refractivity contribution in [2.24, 2.45) is 5.92 Å². The highest BCUT2D eigenvalue weighted by Crippen LogP contribution is 2.29. The molecule has 2 aliphatic rings. The summed E-state index contributed by atoms with van der Waals surface area (Å²) in [6.45, 7) is 2.48. The molecule has 1 saturated carbocycles. The van der Waals surface area contributed by atoms with Crippen LogP contribution in [0.15, 0.2) is 0 Å². The third-order valence-electron chi connectivity index (χ3n) is 3.75. The van der Waals surface area contributed by atoms with Gasteiger partial charge >= 0.3 is 0 Å². The largest absolute Gasteiger partial charge is 0.299 e. The number of hydrogen-bond donors (Lipinski definition) is 0. The van der Waals surface area contributed by atoms with E-state index < -0.39 is 0 Å². The number of nitrogens with zero attached hydrogens (tertiary/aromatic N) is 2. The first kappa shape index (κ1) is 9.98. The minimum atomic E-state index is 0.321. The molecular weight excluding hydrogens is 172 g/mol. The molecule has 0 aromatic heterocycles. The second-order valence-electron chi connectivity index (χ2n) is 4.68. The van der Waals surface area contributed by atoms with Gasteiger partial charge in [0.1, 0.15) is 0 Å². The van der Waals surface area contributed by atoms with Crippen molar-refractivity contribution in [1.29, 1.82) is 5.26 Å². The maximum absolute atomic E-state index is 9.12. The van der Waals surface area contributed by atoms with Gasteiger partial charge in [0.2, 0.25) is 0 Å². The molecule has 1 aliphatic carbocycles. The third-order valence-corrected chi connectivity index (χ3v) is 3.75. The highest BCUT2D eigenvalue weighted by molar-refractivity contribution is 4.96. The lowest BCUT2D eigenvalue weighted by atomic mass is 9.84. The fraction of sp³-hybridized carbons (Fsp3) is 0.917. The minimum Gasteiger partial charge on any atom is -0.299 e. The van der Waals surface area contributed by atoms with Crippen LogP contribution in [0.4, 0.5) is 0 Å². The number of likely N-dealkylation sites (tertiary alicyclic amines) is 1. The quantitative estimate of drug-likeness (QED) is 0.638. The van der Waals surface area contributed by atoms with Gasteiger partial charge in [-0.1, -0.05) is 19.3 Å². The third kappa shape index (κ3) is 2.09. The maximum Gasteiger partial charge on any atom is 0.0672 e. The smallest absolute Gasteiger partial charge is 0.0672 e. The summed E-state index contributed by atoms with van der Waals surface area (Å²) in [7, 11) is 0. The van der Waals surface area contributed by atoms with E-state index in [2.05, 4.69) is 11.0 Å². The van der Waals surface area contributed by atoms with Crippen molar-refractivity contribution in [3.05, 3.63) is 0 Å². The number of hydrogen-bond acceptors (Lipinski definition) is 2. The van der Waals surface area contributed by atoms with Gasteiger partial charge in [0.25, 0.3) is 0 Å². The van der Waals surface area contributed by atoms with Gasteiger partial charge in [-0.3, -0.25) is 4.90 Å². The van der Waals surface area contributed by atoms with Crippen LogP contribution in [-0.2, 0) is 0 Å². The van der Waals surface area contributed by atoms with Crippen molar-refractivity contribution >= 4 is 0 Å². The van der Waals surface area contributed by atoms with Gasteiger partial charge in [0.15, 0.2) is 0 Å². The average Bonchev–Trinajstić information content (AvgIpc) is 2.30. The average molecular weight is 192 g/mol. The Kier molecular flexibility index (Phi) is 3.42. The molecule has 2 unspecified atom stereocenters. The molecule has 1 aliphatic heterocycles. The molecule has 0 radical (unpaired) electrons. The lowest BCUT2D eigenvalue weighted by molar-refractivity contribution is 0.105. The molecule has 0 spiro atoms. The van der Waals surface area contributed by atoms with Crippen molar-refractivity contribution in [3.63, 3.8) is 0 Å². The Morgan fingerprint density at radius 1 is 0.929 bits per heavy atom. The second kappa shape index (κ2) is 4.79. The minimum absolute atomic E-state index is 0.321. The fourth-order valence-electron chi connectivity index (χ4n) is 2.95. The zero-order chi connectivity index (χ0) is 9.80. The predicted octanol–water partition coefficient (Wildman–Crippen LogP) is 2.55. The number of nitriles is 1. The Morgan fingerprint density at radius 2 is 1.64 bits per heavy atom. The standard InChI is InChI=1S/C12H20N2/c13-10-11-6-2-3-7-12(11)14-8-4-1-5-9-14/h11-12H,1-9H2. The van der Waals surface area contributed by atoms with Gasteiger partial charge in [0, 0.05) is 6.04 Å². The summed E-state index contributed by atoms with van der Waals surface area (Å²) in [5, 5.41) is 9.12. The van der Waals surface area contributed by atoms with Crippen LogP contribution < -0.4 is 0 Å². The topological polar surface area (TPSA) is 27.0 Å². The number of piperidine rings is 1. The monoisotopic (exact) mass is 192 g/mol. The Hall–Kier alpha value is -0.550. The van der Waals surface area contributed by atoms with Gasteiger partial charge < -0.3 is 0 Å². The van der Waals surface area contributed by atoms with E-state index in [9.17, 15) is 0 Å². The summed E-state index contributed by atoms with van der Waals surface area (Å²) in [6.07, 6.45) is 9.07. The summed E-state index contributed by atoms with van der Waals surface area (Å²) >= 11 is 0. The van der Waals surface area contributed by atoms with E-state index >= 15 is 0 Å². The lowest BCUT2D eigenvalue weighted by Crippen LogP contribution is -2.44.